The minimum atomic E-state index is -0.775. The molecule has 146 valence electrons. The highest BCUT2D eigenvalue weighted by molar-refractivity contribution is 9.10. The van der Waals surface area contributed by atoms with E-state index < -0.39 is 11.7 Å². The largest absolute Gasteiger partial charge is 0.505 e. The van der Waals surface area contributed by atoms with Crippen LogP contribution in [0.15, 0.2) is 47.1 Å². The molecule has 6 nitrogen and oxygen atoms in total. The van der Waals surface area contributed by atoms with Crippen molar-refractivity contribution in [2.24, 2.45) is 5.73 Å². The van der Waals surface area contributed by atoms with Gasteiger partial charge in [0.15, 0.2) is 5.75 Å². The number of aromatic hydroxyl groups is 1. The summed E-state index contributed by atoms with van der Waals surface area (Å²) in [7, 11) is 1.39. The van der Waals surface area contributed by atoms with E-state index in [1.54, 1.807) is 24.3 Å². The average Bonchev–Trinajstić information content (AvgIpc) is 2.70. The van der Waals surface area contributed by atoms with Crippen molar-refractivity contribution in [1.82, 2.24) is 4.98 Å². The van der Waals surface area contributed by atoms with Gasteiger partial charge in [0.2, 0.25) is 0 Å². The van der Waals surface area contributed by atoms with Crippen molar-refractivity contribution in [3.8, 4) is 28.8 Å². The minimum Gasteiger partial charge on any atom is -0.505 e. The van der Waals surface area contributed by atoms with Crippen LogP contribution in [0.2, 0.25) is 0 Å². The lowest BCUT2D eigenvalue weighted by molar-refractivity contribution is 0.0996. The van der Waals surface area contributed by atoms with Gasteiger partial charge in [0.05, 0.1) is 22.8 Å². The highest BCUT2D eigenvalue weighted by Gasteiger charge is 2.17. The van der Waals surface area contributed by atoms with Crippen LogP contribution in [0.25, 0.3) is 11.3 Å². The van der Waals surface area contributed by atoms with E-state index in [-0.39, 0.29) is 22.6 Å². The number of nitrogens with zero attached hydrogens (tertiary/aromatic N) is 2. The maximum absolute atomic E-state index is 13.9. The van der Waals surface area contributed by atoms with Crippen molar-refractivity contribution in [3.63, 3.8) is 0 Å². The van der Waals surface area contributed by atoms with Gasteiger partial charge < -0.3 is 15.6 Å². The summed E-state index contributed by atoms with van der Waals surface area (Å²) in [6.07, 6.45) is 1.72. The SMILES string of the molecule is COc1c(Cc2ccc(-c3ncc(Br)c(O)c3C#N)cc2)cc(F)cc1C(N)=O. The first-order valence-corrected chi connectivity index (χ1v) is 9.18. The first-order valence-electron chi connectivity index (χ1n) is 8.38. The van der Waals surface area contributed by atoms with Gasteiger partial charge >= 0.3 is 0 Å². The second-order valence-corrected chi connectivity index (χ2v) is 7.03. The minimum absolute atomic E-state index is 0.0210. The molecule has 0 spiro atoms. The number of carbonyl (C=O) groups is 1. The van der Waals surface area contributed by atoms with Gasteiger partial charge in [-0.25, -0.2) is 4.39 Å². The lowest BCUT2D eigenvalue weighted by Crippen LogP contribution is -2.14. The zero-order valence-electron chi connectivity index (χ0n) is 15.2. The Kier molecular flexibility index (Phi) is 5.80. The molecule has 0 fully saturated rings. The third kappa shape index (κ3) is 4.05. The van der Waals surface area contributed by atoms with Crippen LogP contribution in [0.3, 0.4) is 0 Å². The number of methoxy groups -OCH3 is 1. The molecule has 0 radical (unpaired) electrons. The standard InChI is InChI=1S/C21H15BrFN3O3/c1-29-20-13(7-14(23)8-15(20)21(25)28)6-11-2-4-12(5-3-11)18-16(9-24)19(27)17(22)10-26-18/h2-5,7-8,10H,6H2,1H3,(H2,25,28)(H,26,27). The van der Waals surface area contributed by atoms with E-state index >= 15 is 0 Å². The van der Waals surface area contributed by atoms with Crippen LogP contribution >= 0.6 is 15.9 Å². The van der Waals surface area contributed by atoms with Crippen LogP contribution in [0.1, 0.15) is 27.0 Å². The van der Waals surface area contributed by atoms with Gasteiger partial charge in [-0.2, -0.15) is 5.26 Å². The van der Waals surface area contributed by atoms with Gasteiger partial charge in [-0.1, -0.05) is 24.3 Å². The Morgan fingerprint density at radius 2 is 2.03 bits per heavy atom. The number of primary amides is 1. The molecule has 3 rings (SSSR count). The number of hydrogen-bond donors (Lipinski definition) is 2. The molecule has 0 aliphatic carbocycles. The normalized spacial score (nSPS) is 10.4. The van der Waals surface area contributed by atoms with Gasteiger partial charge in [-0.3, -0.25) is 9.78 Å². The van der Waals surface area contributed by atoms with E-state index in [9.17, 15) is 19.6 Å². The number of hydrogen-bond acceptors (Lipinski definition) is 5. The summed E-state index contributed by atoms with van der Waals surface area (Å²) in [5.41, 5.74) is 7.63. The molecular formula is C21H15BrFN3O3. The van der Waals surface area contributed by atoms with E-state index in [2.05, 4.69) is 20.9 Å². The molecule has 0 aliphatic heterocycles. The molecule has 29 heavy (non-hydrogen) atoms. The monoisotopic (exact) mass is 455 g/mol. The van der Waals surface area contributed by atoms with Gasteiger partial charge in [-0.05, 0) is 33.6 Å². The number of nitrogens with two attached hydrogens (primary N) is 1. The van der Waals surface area contributed by atoms with E-state index in [1.165, 1.54) is 19.4 Å². The molecule has 1 heterocycles. The fraction of sp³-hybridized carbons (Fsp3) is 0.0952. The first-order chi connectivity index (χ1) is 13.8. The third-order valence-electron chi connectivity index (χ3n) is 4.34. The predicted molar refractivity (Wildman–Crippen MR) is 108 cm³/mol. The summed E-state index contributed by atoms with van der Waals surface area (Å²) in [5.74, 6) is -1.30. The summed E-state index contributed by atoms with van der Waals surface area (Å²) >= 11 is 3.14. The maximum atomic E-state index is 13.9. The van der Waals surface area contributed by atoms with Crippen LogP contribution in [0.5, 0.6) is 11.5 Å². The van der Waals surface area contributed by atoms with Crippen molar-refractivity contribution < 1.29 is 19.0 Å². The van der Waals surface area contributed by atoms with Crippen LogP contribution in [0, 0.1) is 17.1 Å². The number of benzene rings is 2. The predicted octanol–water partition coefficient (Wildman–Crippen LogP) is 3.93. The summed E-state index contributed by atoms with van der Waals surface area (Å²) in [6, 6.07) is 11.3. The Morgan fingerprint density at radius 3 is 2.62 bits per heavy atom. The van der Waals surface area contributed by atoms with Gasteiger partial charge in [0.25, 0.3) is 5.91 Å². The molecule has 8 heteroatoms. The number of amides is 1. The third-order valence-corrected chi connectivity index (χ3v) is 4.92. The van der Waals surface area contributed by atoms with E-state index in [0.29, 0.717) is 27.7 Å². The highest BCUT2D eigenvalue weighted by Crippen LogP contribution is 2.34. The van der Waals surface area contributed by atoms with Crippen molar-refractivity contribution in [2.45, 2.75) is 6.42 Å². The molecule has 1 aromatic heterocycles. The molecule has 0 unspecified atom stereocenters. The molecule has 0 atom stereocenters. The number of aromatic nitrogens is 1. The Balaban J connectivity index is 1.97. The molecule has 2 aromatic carbocycles. The maximum Gasteiger partial charge on any atom is 0.252 e. The summed E-state index contributed by atoms with van der Waals surface area (Å²) in [6.45, 7) is 0. The van der Waals surface area contributed by atoms with Crippen molar-refractivity contribution in [3.05, 3.63) is 75.1 Å². The molecule has 0 saturated carbocycles. The van der Waals surface area contributed by atoms with Crippen LogP contribution in [-0.4, -0.2) is 23.1 Å². The Labute approximate surface area is 174 Å². The van der Waals surface area contributed by atoms with Gasteiger partial charge in [0, 0.05) is 23.7 Å². The molecule has 0 saturated heterocycles. The lowest BCUT2D eigenvalue weighted by Gasteiger charge is -2.13. The Bertz CT molecular complexity index is 1140. The molecule has 3 aromatic rings. The number of carbonyl (C=O) groups excluding carboxylic acids is 1. The second kappa shape index (κ2) is 8.29. The Morgan fingerprint density at radius 1 is 1.34 bits per heavy atom. The number of nitriles is 1. The summed E-state index contributed by atoms with van der Waals surface area (Å²) in [5, 5.41) is 19.4. The number of ether oxygens (including phenoxy) is 1. The molecule has 0 bridgehead atoms. The van der Waals surface area contributed by atoms with E-state index in [1.807, 2.05) is 6.07 Å². The fourth-order valence-corrected chi connectivity index (χ4v) is 3.31. The van der Waals surface area contributed by atoms with E-state index in [4.69, 9.17) is 10.5 Å². The van der Waals surface area contributed by atoms with Crippen molar-refractivity contribution in [2.75, 3.05) is 7.11 Å². The summed E-state index contributed by atoms with van der Waals surface area (Å²) < 4.78 is 19.5. The van der Waals surface area contributed by atoms with Crippen molar-refractivity contribution >= 4 is 21.8 Å². The highest BCUT2D eigenvalue weighted by atomic mass is 79.9. The van der Waals surface area contributed by atoms with E-state index in [0.717, 1.165) is 11.6 Å². The number of rotatable bonds is 5. The van der Waals surface area contributed by atoms with Crippen LogP contribution in [-0.2, 0) is 6.42 Å². The average molecular weight is 456 g/mol. The summed E-state index contributed by atoms with van der Waals surface area (Å²) in [4.78, 5) is 15.8. The number of pyridine rings is 1. The number of halogens is 2. The lowest BCUT2D eigenvalue weighted by atomic mass is 9.98. The smallest absolute Gasteiger partial charge is 0.252 e. The molecule has 1 amide bonds. The molecule has 0 aliphatic rings. The second-order valence-electron chi connectivity index (χ2n) is 6.17. The fourth-order valence-electron chi connectivity index (χ4n) is 3.01. The zero-order chi connectivity index (χ0) is 21.1. The Hall–Kier alpha value is -3.44. The van der Waals surface area contributed by atoms with Crippen LogP contribution < -0.4 is 10.5 Å². The van der Waals surface area contributed by atoms with Crippen molar-refractivity contribution in [1.29, 1.82) is 5.26 Å². The van der Waals surface area contributed by atoms with Crippen LogP contribution in [0.4, 0.5) is 4.39 Å². The first kappa shape index (κ1) is 20.3. The van der Waals surface area contributed by atoms with Gasteiger partial charge in [0.1, 0.15) is 23.2 Å². The topological polar surface area (TPSA) is 109 Å². The molecule has 3 N–H and O–H groups in total. The quantitative estimate of drug-likeness (QED) is 0.605. The van der Waals surface area contributed by atoms with Gasteiger partial charge in [-0.15, -0.1) is 0 Å². The zero-order valence-corrected chi connectivity index (χ0v) is 16.8. The molecular weight excluding hydrogens is 441 g/mol.